The number of nitrogens with two attached hydrogens (primary N) is 1. The first-order valence-corrected chi connectivity index (χ1v) is 7.51. The third-order valence-corrected chi connectivity index (χ3v) is 3.99. The molecule has 1 aliphatic heterocycles. The number of likely N-dealkylation sites (tertiary alicyclic amines) is 1. The summed E-state index contributed by atoms with van der Waals surface area (Å²) in [4.78, 5) is 14.4. The molecule has 0 aromatic heterocycles. The Bertz CT molecular complexity index is 492. The van der Waals surface area contributed by atoms with Gasteiger partial charge < -0.3 is 11.1 Å². The highest BCUT2D eigenvalue weighted by atomic mass is 19.1. The van der Waals surface area contributed by atoms with E-state index in [1.54, 1.807) is 18.2 Å². The second kappa shape index (κ2) is 7.00. The SMILES string of the molecule is CC(C)N1C[C@H](N)C[C@H]1C(=O)NCCc1ccccc1F. The van der Waals surface area contributed by atoms with Crippen LogP contribution in [0.4, 0.5) is 4.39 Å². The summed E-state index contributed by atoms with van der Waals surface area (Å²) in [6.07, 6.45) is 1.18. The van der Waals surface area contributed by atoms with Gasteiger partial charge in [0.25, 0.3) is 0 Å². The molecule has 0 unspecified atom stereocenters. The standard InChI is InChI=1S/C16H24FN3O/c1-11(2)20-10-13(18)9-15(20)16(21)19-8-7-12-5-3-4-6-14(12)17/h3-6,11,13,15H,7-10,18H2,1-2H3,(H,19,21)/t13-,15+/m1/s1. The average molecular weight is 293 g/mol. The second-order valence-electron chi connectivity index (χ2n) is 5.93. The molecule has 116 valence electrons. The molecule has 2 rings (SSSR count). The van der Waals surface area contributed by atoms with Crippen LogP contribution < -0.4 is 11.1 Å². The summed E-state index contributed by atoms with van der Waals surface area (Å²) in [5, 5.41) is 2.90. The number of amides is 1. The van der Waals surface area contributed by atoms with Gasteiger partial charge in [-0.1, -0.05) is 18.2 Å². The minimum absolute atomic E-state index is 0.00649. The van der Waals surface area contributed by atoms with Crippen LogP contribution in [-0.4, -0.2) is 42.0 Å². The fraction of sp³-hybridized carbons (Fsp3) is 0.562. The van der Waals surface area contributed by atoms with E-state index in [4.69, 9.17) is 5.73 Å². The second-order valence-corrected chi connectivity index (χ2v) is 5.93. The van der Waals surface area contributed by atoms with E-state index < -0.39 is 0 Å². The Balaban J connectivity index is 1.86. The first-order valence-electron chi connectivity index (χ1n) is 7.51. The predicted octanol–water partition coefficient (Wildman–Crippen LogP) is 1.29. The molecular weight excluding hydrogens is 269 g/mol. The summed E-state index contributed by atoms with van der Waals surface area (Å²) in [7, 11) is 0. The topological polar surface area (TPSA) is 58.4 Å². The number of carbonyl (C=O) groups is 1. The number of carbonyl (C=O) groups excluding carboxylic acids is 1. The lowest BCUT2D eigenvalue weighted by Gasteiger charge is -2.27. The summed E-state index contributed by atoms with van der Waals surface area (Å²) < 4.78 is 13.5. The van der Waals surface area contributed by atoms with Crippen LogP contribution in [0.3, 0.4) is 0 Å². The summed E-state index contributed by atoms with van der Waals surface area (Å²) in [6, 6.07) is 6.83. The van der Waals surface area contributed by atoms with Crippen LogP contribution in [0.15, 0.2) is 24.3 Å². The highest BCUT2D eigenvalue weighted by molar-refractivity contribution is 5.82. The van der Waals surface area contributed by atoms with Gasteiger partial charge in [0.15, 0.2) is 0 Å². The van der Waals surface area contributed by atoms with Gasteiger partial charge in [0.2, 0.25) is 5.91 Å². The Morgan fingerprint density at radius 3 is 2.86 bits per heavy atom. The Kier molecular flexibility index (Phi) is 5.31. The molecule has 2 atom stereocenters. The average Bonchev–Trinajstić information content (AvgIpc) is 2.83. The molecule has 0 aliphatic carbocycles. The molecule has 0 saturated carbocycles. The van der Waals surface area contributed by atoms with Crippen molar-refractivity contribution < 1.29 is 9.18 Å². The zero-order valence-corrected chi connectivity index (χ0v) is 12.7. The Hall–Kier alpha value is -1.46. The summed E-state index contributed by atoms with van der Waals surface area (Å²) >= 11 is 0. The normalized spacial score (nSPS) is 22.7. The van der Waals surface area contributed by atoms with Gasteiger partial charge in [-0.2, -0.15) is 0 Å². The van der Waals surface area contributed by atoms with E-state index in [-0.39, 0.29) is 23.8 Å². The van der Waals surface area contributed by atoms with E-state index >= 15 is 0 Å². The third-order valence-electron chi connectivity index (χ3n) is 3.99. The molecule has 0 bridgehead atoms. The minimum Gasteiger partial charge on any atom is -0.354 e. The van der Waals surface area contributed by atoms with E-state index in [0.29, 0.717) is 31.0 Å². The number of hydrogen-bond acceptors (Lipinski definition) is 3. The number of rotatable bonds is 5. The van der Waals surface area contributed by atoms with E-state index in [9.17, 15) is 9.18 Å². The highest BCUT2D eigenvalue weighted by Gasteiger charge is 2.36. The number of hydrogen-bond donors (Lipinski definition) is 2. The minimum atomic E-state index is -0.224. The molecule has 1 heterocycles. The highest BCUT2D eigenvalue weighted by Crippen LogP contribution is 2.19. The van der Waals surface area contributed by atoms with Crippen molar-refractivity contribution in [1.29, 1.82) is 0 Å². The van der Waals surface area contributed by atoms with E-state index in [0.717, 1.165) is 6.54 Å². The fourth-order valence-corrected chi connectivity index (χ4v) is 2.86. The lowest BCUT2D eigenvalue weighted by Crippen LogP contribution is -2.46. The van der Waals surface area contributed by atoms with Crippen LogP contribution in [0.5, 0.6) is 0 Å². The van der Waals surface area contributed by atoms with Gasteiger partial charge in [-0.05, 0) is 38.3 Å². The Morgan fingerprint density at radius 1 is 1.48 bits per heavy atom. The van der Waals surface area contributed by atoms with Crippen LogP contribution in [0.25, 0.3) is 0 Å². The number of nitrogens with zero attached hydrogens (tertiary/aromatic N) is 1. The molecule has 1 amide bonds. The Morgan fingerprint density at radius 2 is 2.19 bits per heavy atom. The number of benzene rings is 1. The van der Waals surface area contributed by atoms with Gasteiger partial charge in [-0.25, -0.2) is 4.39 Å². The molecule has 0 radical (unpaired) electrons. The fourth-order valence-electron chi connectivity index (χ4n) is 2.86. The van der Waals surface area contributed by atoms with Crippen LogP contribution >= 0.6 is 0 Å². The largest absolute Gasteiger partial charge is 0.354 e. The van der Waals surface area contributed by atoms with Gasteiger partial charge in [-0.15, -0.1) is 0 Å². The van der Waals surface area contributed by atoms with Gasteiger partial charge in [0.1, 0.15) is 5.82 Å². The van der Waals surface area contributed by atoms with Crippen molar-refractivity contribution in [2.75, 3.05) is 13.1 Å². The zero-order chi connectivity index (χ0) is 15.4. The molecule has 4 nitrogen and oxygen atoms in total. The van der Waals surface area contributed by atoms with Crippen molar-refractivity contribution in [3.63, 3.8) is 0 Å². The molecule has 1 saturated heterocycles. The Labute approximate surface area is 125 Å². The van der Waals surface area contributed by atoms with Crippen molar-refractivity contribution in [2.45, 2.75) is 44.8 Å². The van der Waals surface area contributed by atoms with Gasteiger partial charge in [-0.3, -0.25) is 9.69 Å². The predicted molar refractivity (Wildman–Crippen MR) is 81.3 cm³/mol. The van der Waals surface area contributed by atoms with Crippen LogP contribution in [0, 0.1) is 5.82 Å². The first kappa shape index (κ1) is 15.9. The third kappa shape index (κ3) is 4.02. The maximum atomic E-state index is 13.5. The van der Waals surface area contributed by atoms with Crippen molar-refractivity contribution in [2.24, 2.45) is 5.73 Å². The zero-order valence-electron chi connectivity index (χ0n) is 12.7. The van der Waals surface area contributed by atoms with Crippen LogP contribution in [-0.2, 0) is 11.2 Å². The quantitative estimate of drug-likeness (QED) is 0.860. The van der Waals surface area contributed by atoms with Gasteiger partial charge in [0.05, 0.1) is 6.04 Å². The summed E-state index contributed by atoms with van der Waals surface area (Å²) in [6.45, 7) is 5.33. The van der Waals surface area contributed by atoms with Gasteiger partial charge >= 0.3 is 0 Å². The van der Waals surface area contributed by atoms with Gasteiger partial charge in [0, 0.05) is 25.2 Å². The molecule has 1 fully saturated rings. The van der Waals surface area contributed by atoms with Crippen molar-refractivity contribution in [3.05, 3.63) is 35.6 Å². The smallest absolute Gasteiger partial charge is 0.237 e. The maximum absolute atomic E-state index is 13.5. The molecule has 21 heavy (non-hydrogen) atoms. The molecule has 1 aromatic carbocycles. The molecular formula is C16H24FN3O. The first-order chi connectivity index (χ1) is 9.99. The lowest BCUT2D eigenvalue weighted by atomic mass is 10.1. The van der Waals surface area contributed by atoms with E-state index in [1.807, 2.05) is 0 Å². The molecule has 3 N–H and O–H groups in total. The maximum Gasteiger partial charge on any atom is 0.237 e. The molecule has 5 heteroatoms. The summed E-state index contributed by atoms with van der Waals surface area (Å²) in [5.74, 6) is -0.230. The number of halogens is 1. The van der Waals surface area contributed by atoms with Crippen molar-refractivity contribution in [3.8, 4) is 0 Å². The van der Waals surface area contributed by atoms with Crippen LogP contribution in [0.1, 0.15) is 25.8 Å². The molecule has 0 spiro atoms. The van der Waals surface area contributed by atoms with Crippen molar-refractivity contribution in [1.82, 2.24) is 10.2 Å². The van der Waals surface area contributed by atoms with Crippen LogP contribution in [0.2, 0.25) is 0 Å². The molecule has 1 aromatic rings. The summed E-state index contributed by atoms with van der Waals surface area (Å²) in [5.41, 5.74) is 6.59. The molecule has 1 aliphatic rings. The van der Waals surface area contributed by atoms with Crippen molar-refractivity contribution >= 4 is 5.91 Å². The monoisotopic (exact) mass is 293 g/mol. The lowest BCUT2D eigenvalue weighted by molar-refractivity contribution is -0.126. The van der Waals surface area contributed by atoms with E-state index in [1.165, 1.54) is 6.07 Å². The number of nitrogens with one attached hydrogen (secondary N) is 1. The van der Waals surface area contributed by atoms with E-state index in [2.05, 4.69) is 24.1 Å².